The van der Waals surface area contributed by atoms with Crippen LogP contribution in [0.5, 0.6) is 0 Å². The molecule has 0 amide bonds. The van der Waals surface area contributed by atoms with Crippen molar-refractivity contribution in [3.63, 3.8) is 0 Å². The monoisotopic (exact) mass is 305 g/mol. The van der Waals surface area contributed by atoms with Crippen LogP contribution in [-0.2, 0) is 20.1 Å². The molecule has 0 bridgehead atoms. The Labute approximate surface area is 122 Å². The smallest absolute Gasteiger partial charge is 0.257 e. The number of nitrogens with one attached hydrogen (secondary N) is 1. The molecular weight excluding hydrogens is 288 g/mol. The van der Waals surface area contributed by atoms with Gasteiger partial charge in [0.15, 0.2) is 0 Å². The summed E-state index contributed by atoms with van der Waals surface area (Å²) in [6, 6.07) is 1.93. The molecule has 1 N–H and O–H groups in total. The number of hydrogen-bond acceptors (Lipinski definition) is 3. The molecule has 0 aromatic carbocycles. The van der Waals surface area contributed by atoms with E-state index in [0.717, 1.165) is 22.8 Å². The zero-order valence-electron chi connectivity index (χ0n) is 11.6. The fourth-order valence-electron chi connectivity index (χ4n) is 1.94. The number of aryl methyl sites for hydroxylation is 2. The average molecular weight is 306 g/mol. The highest BCUT2D eigenvalue weighted by atomic mass is 35.5. The first-order valence-electron chi connectivity index (χ1n) is 6.01. The van der Waals surface area contributed by atoms with Crippen molar-refractivity contribution in [1.82, 2.24) is 19.6 Å². The topological polar surface area (TPSA) is 47.7 Å². The van der Waals surface area contributed by atoms with Crippen LogP contribution in [0.2, 0.25) is 0 Å². The summed E-state index contributed by atoms with van der Waals surface area (Å²) >= 11 is 0. The largest absolute Gasteiger partial charge is 0.366 e. The molecule has 2 heterocycles. The van der Waals surface area contributed by atoms with Gasteiger partial charge in [0.2, 0.25) is 0 Å². The van der Waals surface area contributed by atoms with E-state index in [0.29, 0.717) is 6.54 Å². The average Bonchev–Trinajstić information content (AvgIpc) is 2.81. The minimum absolute atomic E-state index is 0. The lowest BCUT2D eigenvalue weighted by Crippen LogP contribution is -2.10. The van der Waals surface area contributed by atoms with E-state index in [-0.39, 0.29) is 19.0 Å². The van der Waals surface area contributed by atoms with Crippen molar-refractivity contribution >= 4 is 18.2 Å². The van der Waals surface area contributed by atoms with E-state index in [4.69, 9.17) is 0 Å². The number of rotatable bonds is 5. The van der Waals surface area contributed by atoms with Gasteiger partial charge in [-0.2, -0.15) is 10.2 Å². The van der Waals surface area contributed by atoms with Crippen molar-refractivity contribution in [2.75, 3.05) is 5.32 Å². The van der Waals surface area contributed by atoms with E-state index in [1.807, 2.05) is 20.0 Å². The maximum Gasteiger partial charge on any atom is 0.257 e. The second-order valence-corrected chi connectivity index (χ2v) is 4.48. The third-order valence-electron chi connectivity index (χ3n) is 2.98. The van der Waals surface area contributed by atoms with E-state index < -0.39 is 6.43 Å². The fraction of sp³-hybridized carbons (Fsp3) is 0.500. The van der Waals surface area contributed by atoms with Crippen molar-refractivity contribution in [1.29, 1.82) is 0 Å². The van der Waals surface area contributed by atoms with Crippen LogP contribution >= 0.6 is 12.4 Å². The van der Waals surface area contributed by atoms with Gasteiger partial charge in [-0.3, -0.25) is 9.36 Å². The number of nitrogens with zero attached hydrogens (tertiary/aromatic N) is 4. The third kappa shape index (κ3) is 3.69. The SMILES string of the molecule is Cc1cc(NCc2cnn(CC(F)F)c2C)n(C)n1.Cl. The predicted molar refractivity (Wildman–Crippen MR) is 75.5 cm³/mol. The summed E-state index contributed by atoms with van der Waals surface area (Å²) in [6.45, 7) is 3.88. The molecule has 2 aromatic heterocycles. The van der Waals surface area contributed by atoms with Gasteiger partial charge in [0.05, 0.1) is 11.9 Å². The second-order valence-electron chi connectivity index (χ2n) is 4.48. The Morgan fingerprint density at radius 2 is 2.05 bits per heavy atom. The van der Waals surface area contributed by atoms with Gasteiger partial charge in [0, 0.05) is 30.9 Å². The van der Waals surface area contributed by atoms with Crippen LogP contribution < -0.4 is 5.32 Å². The van der Waals surface area contributed by atoms with Gasteiger partial charge in [-0.25, -0.2) is 8.78 Å². The molecule has 0 saturated heterocycles. The quantitative estimate of drug-likeness (QED) is 0.923. The molecule has 0 aliphatic heterocycles. The summed E-state index contributed by atoms with van der Waals surface area (Å²) in [5, 5.41) is 11.4. The normalized spacial score (nSPS) is 10.7. The van der Waals surface area contributed by atoms with E-state index in [2.05, 4.69) is 15.5 Å². The number of aromatic nitrogens is 4. The number of alkyl halides is 2. The Hall–Kier alpha value is -1.63. The zero-order chi connectivity index (χ0) is 14.0. The van der Waals surface area contributed by atoms with Crippen LogP contribution in [0.15, 0.2) is 12.3 Å². The first kappa shape index (κ1) is 16.4. The molecular formula is C12H18ClF2N5. The maximum absolute atomic E-state index is 12.3. The van der Waals surface area contributed by atoms with Gasteiger partial charge in [0.1, 0.15) is 12.4 Å². The second kappa shape index (κ2) is 6.69. The Kier molecular flexibility index (Phi) is 5.50. The lowest BCUT2D eigenvalue weighted by Gasteiger charge is -2.07. The molecule has 0 atom stereocenters. The van der Waals surface area contributed by atoms with Crippen molar-refractivity contribution in [3.8, 4) is 0 Å². The molecule has 2 rings (SSSR count). The first-order chi connectivity index (χ1) is 8.97. The highest BCUT2D eigenvalue weighted by Gasteiger charge is 2.11. The highest BCUT2D eigenvalue weighted by Crippen LogP contribution is 2.13. The van der Waals surface area contributed by atoms with Crippen LogP contribution in [-0.4, -0.2) is 26.0 Å². The van der Waals surface area contributed by atoms with Gasteiger partial charge in [-0.1, -0.05) is 0 Å². The zero-order valence-corrected chi connectivity index (χ0v) is 12.4. The molecule has 8 heteroatoms. The van der Waals surface area contributed by atoms with Crippen molar-refractivity contribution in [2.45, 2.75) is 33.4 Å². The minimum Gasteiger partial charge on any atom is -0.366 e. The lowest BCUT2D eigenvalue weighted by molar-refractivity contribution is 0.121. The Balaban J connectivity index is 0.00000200. The van der Waals surface area contributed by atoms with E-state index in [1.165, 1.54) is 4.68 Å². The van der Waals surface area contributed by atoms with Gasteiger partial charge in [0.25, 0.3) is 6.43 Å². The molecule has 0 unspecified atom stereocenters. The Bertz CT molecular complexity index is 564. The van der Waals surface area contributed by atoms with Crippen LogP contribution in [0.1, 0.15) is 17.0 Å². The summed E-state index contributed by atoms with van der Waals surface area (Å²) < 4.78 is 27.7. The van der Waals surface area contributed by atoms with Crippen molar-refractivity contribution < 1.29 is 8.78 Å². The molecule has 0 aliphatic rings. The molecule has 0 aliphatic carbocycles. The van der Waals surface area contributed by atoms with Gasteiger partial charge < -0.3 is 5.32 Å². The molecule has 112 valence electrons. The summed E-state index contributed by atoms with van der Waals surface area (Å²) in [4.78, 5) is 0. The van der Waals surface area contributed by atoms with Crippen LogP contribution in [0.3, 0.4) is 0 Å². The van der Waals surface area contributed by atoms with E-state index in [9.17, 15) is 8.78 Å². The van der Waals surface area contributed by atoms with Gasteiger partial charge in [-0.05, 0) is 13.8 Å². The summed E-state index contributed by atoms with van der Waals surface area (Å²) in [5.41, 5.74) is 2.58. The molecule has 20 heavy (non-hydrogen) atoms. The predicted octanol–water partition coefficient (Wildman–Crippen LogP) is 2.53. The Morgan fingerprint density at radius 3 is 2.60 bits per heavy atom. The third-order valence-corrected chi connectivity index (χ3v) is 2.98. The minimum atomic E-state index is -2.39. The maximum atomic E-state index is 12.3. The van der Waals surface area contributed by atoms with Crippen molar-refractivity contribution in [2.24, 2.45) is 7.05 Å². The number of halogens is 3. The van der Waals surface area contributed by atoms with Crippen molar-refractivity contribution in [3.05, 3.63) is 29.2 Å². The fourth-order valence-corrected chi connectivity index (χ4v) is 1.94. The highest BCUT2D eigenvalue weighted by molar-refractivity contribution is 5.85. The Morgan fingerprint density at radius 1 is 1.35 bits per heavy atom. The van der Waals surface area contributed by atoms with E-state index in [1.54, 1.807) is 17.8 Å². The molecule has 5 nitrogen and oxygen atoms in total. The summed E-state index contributed by atoms with van der Waals surface area (Å²) in [6.07, 6.45) is -0.771. The summed E-state index contributed by atoms with van der Waals surface area (Å²) in [5.74, 6) is 0.888. The molecule has 2 aromatic rings. The van der Waals surface area contributed by atoms with Crippen LogP contribution in [0.25, 0.3) is 0 Å². The van der Waals surface area contributed by atoms with Crippen LogP contribution in [0, 0.1) is 13.8 Å². The lowest BCUT2D eigenvalue weighted by atomic mass is 10.2. The molecule has 0 radical (unpaired) electrons. The standard InChI is InChI=1S/C12H17F2N5.ClH/c1-8-4-12(18(3)17-8)15-5-10-6-16-19(9(10)2)7-11(13)14;/h4,6,11,15H,5,7H2,1-3H3;1H. The van der Waals surface area contributed by atoms with Gasteiger partial charge >= 0.3 is 0 Å². The molecule has 0 fully saturated rings. The number of hydrogen-bond donors (Lipinski definition) is 1. The van der Waals surface area contributed by atoms with Gasteiger partial charge in [-0.15, -0.1) is 12.4 Å². The first-order valence-corrected chi connectivity index (χ1v) is 6.01. The summed E-state index contributed by atoms with van der Waals surface area (Å²) in [7, 11) is 1.85. The molecule has 0 saturated carbocycles. The number of anilines is 1. The molecule has 0 spiro atoms. The van der Waals surface area contributed by atoms with Crippen LogP contribution in [0.4, 0.5) is 14.6 Å². The van der Waals surface area contributed by atoms with E-state index >= 15 is 0 Å².